The lowest BCUT2D eigenvalue weighted by Crippen LogP contribution is -2.41. The average molecular weight is 264 g/mol. The van der Waals surface area contributed by atoms with Crippen molar-refractivity contribution in [2.75, 3.05) is 7.05 Å². The Labute approximate surface area is 114 Å². The molecule has 0 spiro atoms. The maximum Gasteiger partial charge on any atom is 0.227 e. The molecule has 1 aromatic heterocycles. The molecule has 2 atom stereocenters. The lowest BCUT2D eigenvalue weighted by Gasteiger charge is -2.26. The zero-order valence-electron chi connectivity index (χ0n) is 11.9. The van der Waals surface area contributed by atoms with Crippen LogP contribution in [0.3, 0.4) is 0 Å². The van der Waals surface area contributed by atoms with Gasteiger partial charge in [-0.1, -0.05) is 19.3 Å². The summed E-state index contributed by atoms with van der Waals surface area (Å²) < 4.78 is 1.75. The fraction of sp³-hybridized carbons (Fsp3) is 0.714. The summed E-state index contributed by atoms with van der Waals surface area (Å²) in [6, 6.07) is 0.0198. The predicted octanol–water partition coefficient (Wildman–Crippen LogP) is 1.29. The normalized spacial score (nSPS) is 23.9. The van der Waals surface area contributed by atoms with Crippen molar-refractivity contribution in [1.82, 2.24) is 14.7 Å². The minimum Gasteiger partial charge on any atom is -0.341 e. The maximum atomic E-state index is 12.5. The molecule has 0 aliphatic heterocycles. The van der Waals surface area contributed by atoms with Crippen molar-refractivity contribution in [2.24, 2.45) is 18.7 Å². The molecular weight excluding hydrogens is 240 g/mol. The molecule has 0 saturated heterocycles. The second-order valence-electron chi connectivity index (χ2n) is 5.62. The first-order chi connectivity index (χ1) is 9.08. The van der Waals surface area contributed by atoms with E-state index in [-0.39, 0.29) is 17.9 Å². The molecular formula is C14H24N4O. The van der Waals surface area contributed by atoms with Gasteiger partial charge in [-0.05, 0) is 12.8 Å². The summed E-state index contributed by atoms with van der Waals surface area (Å²) in [4.78, 5) is 14.3. The summed E-state index contributed by atoms with van der Waals surface area (Å²) in [5, 5.41) is 4.13. The lowest BCUT2D eigenvalue weighted by atomic mass is 9.94. The van der Waals surface area contributed by atoms with Gasteiger partial charge in [0.2, 0.25) is 5.91 Å². The van der Waals surface area contributed by atoms with E-state index in [1.165, 1.54) is 6.42 Å². The van der Waals surface area contributed by atoms with Crippen molar-refractivity contribution in [3.63, 3.8) is 0 Å². The van der Waals surface area contributed by atoms with E-state index in [1.54, 1.807) is 15.8 Å². The molecule has 1 aliphatic carbocycles. The minimum atomic E-state index is -0.0100. The zero-order valence-corrected chi connectivity index (χ0v) is 11.9. The molecule has 2 rings (SSSR count). The van der Waals surface area contributed by atoms with Gasteiger partial charge in [0.1, 0.15) is 0 Å². The quantitative estimate of drug-likeness (QED) is 0.837. The third kappa shape index (κ3) is 3.56. The molecule has 1 saturated carbocycles. The van der Waals surface area contributed by atoms with Crippen LogP contribution in [0.1, 0.15) is 37.7 Å². The minimum absolute atomic E-state index is 0.0100. The Morgan fingerprint density at radius 2 is 2.21 bits per heavy atom. The SMILES string of the molecule is CN(Cc1cnn(C)c1)C(=O)C1CCCCCC1N. The van der Waals surface area contributed by atoms with Crippen LogP contribution in [0.5, 0.6) is 0 Å². The van der Waals surface area contributed by atoms with Crippen LogP contribution in [0.15, 0.2) is 12.4 Å². The van der Waals surface area contributed by atoms with E-state index in [4.69, 9.17) is 5.73 Å². The van der Waals surface area contributed by atoms with Crippen molar-refractivity contribution < 1.29 is 4.79 Å². The topological polar surface area (TPSA) is 64.2 Å². The molecule has 0 radical (unpaired) electrons. The number of hydrogen-bond acceptors (Lipinski definition) is 3. The smallest absolute Gasteiger partial charge is 0.227 e. The molecule has 106 valence electrons. The van der Waals surface area contributed by atoms with Gasteiger partial charge in [0.15, 0.2) is 0 Å². The van der Waals surface area contributed by atoms with E-state index in [1.807, 2.05) is 20.3 Å². The van der Waals surface area contributed by atoms with Gasteiger partial charge in [-0.25, -0.2) is 0 Å². The Balaban J connectivity index is 1.97. The van der Waals surface area contributed by atoms with Crippen LogP contribution in [0.25, 0.3) is 0 Å². The summed E-state index contributed by atoms with van der Waals surface area (Å²) in [6.07, 6.45) is 9.11. The molecule has 0 bridgehead atoms. The number of amides is 1. The third-order valence-corrected chi connectivity index (χ3v) is 3.94. The number of aryl methyl sites for hydroxylation is 1. The van der Waals surface area contributed by atoms with E-state index >= 15 is 0 Å². The van der Waals surface area contributed by atoms with Crippen LogP contribution in [0, 0.1) is 5.92 Å². The highest BCUT2D eigenvalue weighted by molar-refractivity contribution is 5.79. The van der Waals surface area contributed by atoms with Gasteiger partial charge in [-0.15, -0.1) is 0 Å². The molecule has 2 unspecified atom stereocenters. The number of nitrogens with two attached hydrogens (primary N) is 1. The molecule has 1 heterocycles. The Bertz CT molecular complexity index is 429. The average Bonchev–Trinajstić information content (AvgIpc) is 2.66. The molecule has 5 nitrogen and oxygen atoms in total. The van der Waals surface area contributed by atoms with Crippen molar-refractivity contribution in [2.45, 2.75) is 44.7 Å². The summed E-state index contributed by atoms with van der Waals surface area (Å²) >= 11 is 0. The number of rotatable bonds is 3. The van der Waals surface area contributed by atoms with E-state index in [0.29, 0.717) is 6.54 Å². The highest BCUT2D eigenvalue weighted by Gasteiger charge is 2.29. The molecule has 19 heavy (non-hydrogen) atoms. The fourth-order valence-corrected chi connectivity index (χ4v) is 2.83. The van der Waals surface area contributed by atoms with Crippen molar-refractivity contribution in [3.05, 3.63) is 18.0 Å². The van der Waals surface area contributed by atoms with Crippen LogP contribution in [0.4, 0.5) is 0 Å². The van der Waals surface area contributed by atoms with Gasteiger partial charge in [0.25, 0.3) is 0 Å². The number of carbonyl (C=O) groups excluding carboxylic acids is 1. The van der Waals surface area contributed by atoms with E-state index in [9.17, 15) is 4.79 Å². The van der Waals surface area contributed by atoms with Gasteiger partial charge in [0.05, 0.1) is 12.1 Å². The molecule has 1 amide bonds. The summed E-state index contributed by atoms with van der Waals surface area (Å²) in [6.45, 7) is 0.607. The van der Waals surface area contributed by atoms with Crippen molar-refractivity contribution >= 4 is 5.91 Å². The highest BCUT2D eigenvalue weighted by atomic mass is 16.2. The number of nitrogens with zero attached hydrogens (tertiary/aromatic N) is 3. The van der Waals surface area contributed by atoms with Crippen molar-refractivity contribution in [1.29, 1.82) is 0 Å². The second-order valence-corrected chi connectivity index (χ2v) is 5.62. The van der Waals surface area contributed by atoms with E-state index in [2.05, 4.69) is 5.10 Å². The largest absolute Gasteiger partial charge is 0.341 e. The number of carbonyl (C=O) groups is 1. The zero-order chi connectivity index (χ0) is 13.8. The fourth-order valence-electron chi connectivity index (χ4n) is 2.83. The first-order valence-corrected chi connectivity index (χ1v) is 7.06. The van der Waals surface area contributed by atoms with Crippen LogP contribution >= 0.6 is 0 Å². The Morgan fingerprint density at radius 1 is 1.47 bits per heavy atom. The molecule has 5 heteroatoms. The van der Waals surface area contributed by atoms with E-state index < -0.39 is 0 Å². The Morgan fingerprint density at radius 3 is 2.89 bits per heavy atom. The highest BCUT2D eigenvalue weighted by Crippen LogP contribution is 2.24. The van der Waals surface area contributed by atoms with Gasteiger partial charge in [0, 0.05) is 38.4 Å². The molecule has 0 aromatic carbocycles. The second kappa shape index (κ2) is 6.19. The third-order valence-electron chi connectivity index (χ3n) is 3.94. The monoisotopic (exact) mass is 264 g/mol. The molecule has 1 fully saturated rings. The first-order valence-electron chi connectivity index (χ1n) is 7.06. The van der Waals surface area contributed by atoms with E-state index in [0.717, 1.165) is 31.2 Å². The standard InChI is InChI=1S/C14H24N4O/c1-17(9-11-8-16-18(2)10-11)14(19)12-6-4-3-5-7-13(12)15/h8,10,12-13H,3-7,9,15H2,1-2H3. The molecule has 1 aromatic rings. The van der Waals surface area contributed by atoms with Crippen LogP contribution in [-0.2, 0) is 18.4 Å². The maximum absolute atomic E-state index is 12.5. The lowest BCUT2D eigenvalue weighted by molar-refractivity contribution is -0.135. The van der Waals surface area contributed by atoms with Crippen LogP contribution in [-0.4, -0.2) is 33.7 Å². The number of hydrogen-bond donors (Lipinski definition) is 1. The van der Waals surface area contributed by atoms with Crippen LogP contribution < -0.4 is 5.73 Å². The van der Waals surface area contributed by atoms with Gasteiger partial charge >= 0.3 is 0 Å². The predicted molar refractivity (Wildman–Crippen MR) is 74.2 cm³/mol. The summed E-state index contributed by atoms with van der Waals surface area (Å²) in [5.74, 6) is 0.169. The summed E-state index contributed by atoms with van der Waals surface area (Å²) in [5.41, 5.74) is 7.21. The Kier molecular flexibility index (Phi) is 4.58. The summed E-state index contributed by atoms with van der Waals surface area (Å²) in [7, 11) is 3.74. The van der Waals surface area contributed by atoms with Gasteiger partial charge in [-0.2, -0.15) is 5.10 Å². The van der Waals surface area contributed by atoms with Gasteiger partial charge < -0.3 is 10.6 Å². The van der Waals surface area contributed by atoms with Crippen LogP contribution in [0.2, 0.25) is 0 Å². The molecule has 2 N–H and O–H groups in total. The Hall–Kier alpha value is -1.36. The van der Waals surface area contributed by atoms with Crippen molar-refractivity contribution in [3.8, 4) is 0 Å². The van der Waals surface area contributed by atoms with Gasteiger partial charge in [-0.3, -0.25) is 9.48 Å². The number of aromatic nitrogens is 2. The first kappa shape index (κ1) is 14.1. The molecule has 1 aliphatic rings.